The molecule has 0 saturated carbocycles. The highest BCUT2D eigenvalue weighted by Crippen LogP contribution is 2.14. The highest BCUT2D eigenvalue weighted by molar-refractivity contribution is 5.05. The first-order chi connectivity index (χ1) is 7.70. The predicted octanol–water partition coefficient (Wildman–Crippen LogP) is 1.48. The van der Waals surface area contributed by atoms with Crippen LogP contribution in [0.2, 0.25) is 0 Å². The van der Waals surface area contributed by atoms with Crippen LogP contribution in [0.3, 0.4) is 0 Å². The van der Waals surface area contributed by atoms with Crippen molar-refractivity contribution >= 4 is 0 Å². The molecule has 1 fully saturated rings. The molecule has 1 saturated heterocycles. The molecular formula is C12H21N3O. The summed E-state index contributed by atoms with van der Waals surface area (Å²) in [6.45, 7) is 10.3. The second-order valence-electron chi connectivity index (χ2n) is 4.49. The summed E-state index contributed by atoms with van der Waals surface area (Å²) in [5.41, 5.74) is 1.01. The van der Waals surface area contributed by atoms with E-state index in [1.807, 2.05) is 13.8 Å². The lowest BCUT2D eigenvalue weighted by atomic mass is 10.1. The van der Waals surface area contributed by atoms with Gasteiger partial charge in [-0.05, 0) is 20.3 Å². The third-order valence-corrected chi connectivity index (χ3v) is 3.35. The molecule has 16 heavy (non-hydrogen) atoms. The van der Waals surface area contributed by atoms with Crippen LogP contribution in [0.4, 0.5) is 0 Å². The number of aryl methyl sites for hydroxylation is 2. The lowest BCUT2D eigenvalue weighted by Gasteiger charge is -2.34. The Hall–Kier alpha value is -0.870. The highest BCUT2D eigenvalue weighted by atomic mass is 16.4. The van der Waals surface area contributed by atoms with E-state index in [9.17, 15) is 0 Å². The minimum absolute atomic E-state index is 0.612. The molecule has 2 rings (SSSR count). The number of nitrogens with zero attached hydrogens (tertiary/aromatic N) is 2. The number of piperazine rings is 1. The van der Waals surface area contributed by atoms with Crippen molar-refractivity contribution in [2.75, 3.05) is 19.6 Å². The summed E-state index contributed by atoms with van der Waals surface area (Å²) in [5.74, 6) is 1.80. The molecule has 0 spiro atoms. The van der Waals surface area contributed by atoms with Crippen LogP contribution in [0.15, 0.2) is 4.42 Å². The zero-order chi connectivity index (χ0) is 11.5. The molecule has 1 aliphatic heterocycles. The number of hydrogen-bond donors (Lipinski definition) is 1. The number of oxazole rings is 1. The molecule has 4 nitrogen and oxygen atoms in total. The van der Waals surface area contributed by atoms with Crippen molar-refractivity contribution in [1.29, 1.82) is 0 Å². The van der Waals surface area contributed by atoms with Gasteiger partial charge in [-0.1, -0.05) is 6.92 Å². The predicted molar refractivity (Wildman–Crippen MR) is 63.3 cm³/mol. The van der Waals surface area contributed by atoms with Crippen LogP contribution in [-0.2, 0) is 6.54 Å². The minimum atomic E-state index is 0.612. The van der Waals surface area contributed by atoms with Gasteiger partial charge in [0.25, 0.3) is 0 Å². The molecule has 1 aliphatic rings. The first-order valence-corrected chi connectivity index (χ1v) is 6.08. The van der Waals surface area contributed by atoms with E-state index in [1.54, 1.807) is 0 Å². The van der Waals surface area contributed by atoms with Crippen LogP contribution >= 0.6 is 0 Å². The first-order valence-electron chi connectivity index (χ1n) is 6.08. The van der Waals surface area contributed by atoms with Gasteiger partial charge in [-0.15, -0.1) is 0 Å². The average Bonchev–Trinajstić information content (AvgIpc) is 2.59. The standard InChI is InChI=1S/C12H21N3O/c1-4-11-7-13-5-6-15(11)8-12-14-9(2)10(3)16-12/h11,13H,4-8H2,1-3H3. The molecule has 1 aromatic heterocycles. The maximum Gasteiger partial charge on any atom is 0.208 e. The van der Waals surface area contributed by atoms with Crippen LogP contribution in [0.5, 0.6) is 0 Å². The van der Waals surface area contributed by atoms with Crippen LogP contribution in [0.25, 0.3) is 0 Å². The van der Waals surface area contributed by atoms with Crippen molar-refractivity contribution in [2.45, 2.75) is 39.8 Å². The third kappa shape index (κ3) is 2.44. The van der Waals surface area contributed by atoms with Crippen molar-refractivity contribution in [3.63, 3.8) is 0 Å². The molecule has 4 heteroatoms. The molecule has 0 aliphatic carbocycles. The molecule has 90 valence electrons. The Kier molecular flexibility index (Phi) is 3.61. The fourth-order valence-corrected chi connectivity index (χ4v) is 2.19. The van der Waals surface area contributed by atoms with E-state index >= 15 is 0 Å². The van der Waals surface area contributed by atoms with E-state index in [0.29, 0.717) is 6.04 Å². The van der Waals surface area contributed by atoms with Gasteiger partial charge in [0.2, 0.25) is 5.89 Å². The maximum atomic E-state index is 5.64. The Bertz CT molecular complexity index is 329. The van der Waals surface area contributed by atoms with Crippen molar-refractivity contribution in [2.24, 2.45) is 0 Å². The van der Waals surface area contributed by atoms with Crippen LogP contribution < -0.4 is 5.32 Å². The molecule has 0 aromatic carbocycles. The second-order valence-corrected chi connectivity index (χ2v) is 4.49. The smallest absolute Gasteiger partial charge is 0.208 e. The average molecular weight is 223 g/mol. The summed E-state index contributed by atoms with van der Waals surface area (Å²) in [6, 6.07) is 0.612. The molecule has 1 unspecified atom stereocenters. The van der Waals surface area contributed by atoms with E-state index in [-0.39, 0.29) is 0 Å². The monoisotopic (exact) mass is 223 g/mol. The van der Waals surface area contributed by atoms with Gasteiger partial charge in [-0.3, -0.25) is 4.90 Å². The van der Waals surface area contributed by atoms with Crippen LogP contribution in [0.1, 0.15) is 30.7 Å². The lowest BCUT2D eigenvalue weighted by molar-refractivity contribution is 0.135. The Balaban J connectivity index is 2.02. The van der Waals surface area contributed by atoms with Gasteiger partial charge in [0.1, 0.15) is 5.76 Å². The Morgan fingerprint density at radius 2 is 2.31 bits per heavy atom. The van der Waals surface area contributed by atoms with Crippen molar-refractivity contribution in [3.05, 3.63) is 17.3 Å². The van der Waals surface area contributed by atoms with E-state index in [1.165, 1.54) is 6.42 Å². The number of rotatable bonds is 3. The SMILES string of the molecule is CCC1CNCCN1Cc1nc(C)c(C)o1. The van der Waals surface area contributed by atoms with Crippen LogP contribution in [-0.4, -0.2) is 35.6 Å². The van der Waals surface area contributed by atoms with Gasteiger partial charge in [-0.25, -0.2) is 4.98 Å². The molecule has 0 bridgehead atoms. The Labute approximate surface area is 97.0 Å². The molecule has 1 aromatic rings. The van der Waals surface area contributed by atoms with Crippen molar-refractivity contribution in [3.8, 4) is 0 Å². The fourth-order valence-electron chi connectivity index (χ4n) is 2.19. The number of nitrogens with one attached hydrogen (secondary N) is 1. The van der Waals surface area contributed by atoms with E-state index in [0.717, 1.165) is 43.5 Å². The van der Waals surface area contributed by atoms with Gasteiger partial charge in [-0.2, -0.15) is 0 Å². The normalized spacial score (nSPS) is 22.6. The van der Waals surface area contributed by atoms with Gasteiger partial charge < -0.3 is 9.73 Å². The summed E-state index contributed by atoms with van der Waals surface area (Å²) in [4.78, 5) is 6.90. The molecule has 1 atom stereocenters. The van der Waals surface area contributed by atoms with Crippen molar-refractivity contribution < 1.29 is 4.42 Å². The Morgan fingerprint density at radius 3 is 2.94 bits per heavy atom. The maximum absolute atomic E-state index is 5.64. The van der Waals surface area contributed by atoms with Gasteiger partial charge in [0.15, 0.2) is 0 Å². The summed E-state index contributed by atoms with van der Waals surface area (Å²) < 4.78 is 5.64. The zero-order valence-corrected chi connectivity index (χ0v) is 10.4. The second kappa shape index (κ2) is 4.97. The summed E-state index contributed by atoms with van der Waals surface area (Å²) in [5, 5.41) is 3.43. The van der Waals surface area contributed by atoms with Gasteiger partial charge >= 0.3 is 0 Å². The molecule has 1 N–H and O–H groups in total. The minimum Gasteiger partial charge on any atom is -0.444 e. The highest BCUT2D eigenvalue weighted by Gasteiger charge is 2.22. The lowest BCUT2D eigenvalue weighted by Crippen LogP contribution is -2.50. The summed E-state index contributed by atoms with van der Waals surface area (Å²) >= 11 is 0. The third-order valence-electron chi connectivity index (χ3n) is 3.35. The zero-order valence-electron chi connectivity index (χ0n) is 10.4. The summed E-state index contributed by atoms with van der Waals surface area (Å²) in [6.07, 6.45) is 1.17. The molecule has 2 heterocycles. The van der Waals surface area contributed by atoms with Gasteiger partial charge in [0.05, 0.1) is 12.2 Å². The number of aromatic nitrogens is 1. The van der Waals surface area contributed by atoms with Crippen LogP contribution in [0, 0.1) is 13.8 Å². The topological polar surface area (TPSA) is 41.3 Å². The molecule has 0 radical (unpaired) electrons. The fraction of sp³-hybridized carbons (Fsp3) is 0.750. The van der Waals surface area contributed by atoms with E-state index in [4.69, 9.17) is 4.42 Å². The Morgan fingerprint density at radius 1 is 1.50 bits per heavy atom. The van der Waals surface area contributed by atoms with E-state index < -0.39 is 0 Å². The van der Waals surface area contributed by atoms with Gasteiger partial charge in [0, 0.05) is 25.7 Å². The largest absolute Gasteiger partial charge is 0.444 e. The number of hydrogen-bond acceptors (Lipinski definition) is 4. The first kappa shape index (κ1) is 11.6. The quantitative estimate of drug-likeness (QED) is 0.842. The van der Waals surface area contributed by atoms with E-state index in [2.05, 4.69) is 22.1 Å². The molecular weight excluding hydrogens is 202 g/mol. The summed E-state index contributed by atoms with van der Waals surface area (Å²) in [7, 11) is 0. The van der Waals surface area contributed by atoms with Crippen molar-refractivity contribution in [1.82, 2.24) is 15.2 Å². The molecule has 0 amide bonds.